The topological polar surface area (TPSA) is 35.5 Å². The van der Waals surface area contributed by atoms with Crippen LogP contribution in [0.25, 0.3) is 0 Å². The van der Waals surface area contributed by atoms with Crippen LogP contribution in [0.3, 0.4) is 0 Å². The summed E-state index contributed by atoms with van der Waals surface area (Å²) in [4.78, 5) is 13.6. The molecule has 1 atom stereocenters. The number of aryl methyl sites for hydroxylation is 2. The molecule has 0 heterocycles. The van der Waals surface area contributed by atoms with Gasteiger partial charge in [0.05, 0.1) is 0 Å². The van der Waals surface area contributed by atoms with Gasteiger partial charge in [0, 0.05) is 16.9 Å². The molecule has 0 saturated carbocycles. The Bertz CT molecular complexity index is 1340. The second kappa shape index (κ2) is 13.3. The molecule has 4 rings (SSSR count). The third-order valence-corrected chi connectivity index (χ3v) is 7.47. The fourth-order valence-corrected chi connectivity index (χ4v) is 5.43. The first kappa shape index (κ1) is 29.7. The van der Waals surface area contributed by atoms with E-state index in [1.807, 2.05) is 92.7 Å². The van der Waals surface area contributed by atoms with Gasteiger partial charge in [-0.3, -0.25) is 4.79 Å². The average Bonchev–Trinajstić information content (AvgIpc) is 2.87. The zero-order valence-electron chi connectivity index (χ0n) is 22.3. The summed E-state index contributed by atoms with van der Waals surface area (Å²) in [5.74, 6) is 1.40. The number of hydrogen-bond acceptors (Lipinski definition) is 3. The standard InChI is InChI=1S/C33H35O3P.Li.H/c1-23-18-27(33(3,4)5)19-24(2)31(23)32(34)37-30-17-16-28(35-21-25-12-8-6-9-13-25)20-29(30)36-22-26-14-10-7-11-15-26;;/h6-20,37H,21-22H2,1-5H3;;. The zero-order chi connectivity index (χ0) is 26.4. The second-order valence-corrected chi connectivity index (χ2v) is 11.6. The molecule has 0 bridgehead atoms. The number of rotatable bonds is 9. The average molecular weight is 519 g/mol. The van der Waals surface area contributed by atoms with E-state index < -0.39 is 0 Å². The number of carbonyl (C=O) groups excluding carboxylic acids is 1. The predicted molar refractivity (Wildman–Crippen MR) is 162 cm³/mol. The first-order chi connectivity index (χ1) is 17.7. The van der Waals surface area contributed by atoms with Crippen LogP contribution in [-0.4, -0.2) is 24.4 Å². The second-order valence-electron chi connectivity index (χ2n) is 10.4. The summed E-state index contributed by atoms with van der Waals surface area (Å²) < 4.78 is 12.3. The number of ether oxygens (including phenoxy) is 2. The maximum atomic E-state index is 13.6. The molecule has 1 unspecified atom stereocenters. The van der Waals surface area contributed by atoms with Crippen LogP contribution in [0.15, 0.2) is 91.0 Å². The van der Waals surface area contributed by atoms with Gasteiger partial charge in [0.2, 0.25) is 0 Å². The normalized spacial score (nSPS) is 11.3. The first-order valence-corrected chi connectivity index (χ1v) is 13.6. The van der Waals surface area contributed by atoms with Crippen LogP contribution < -0.4 is 14.8 Å². The van der Waals surface area contributed by atoms with Crippen LogP contribution in [0.5, 0.6) is 11.5 Å². The molecule has 3 nitrogen and oxygen atoms in total. The summed E-state index contributed by atoms with van der Waals surface area (Å²) in [5, 5.41) is 0.881. The van der Waals surface area contributed by atoms with Gasteiger partial charge in [-0.2, -0.15) is 0 Å². The summed E-state index contributed by atoms with van der Waals surface area (Å²) in [6, 6.07) is 30.2. The molecule has 192 valence electrons. The number of benzene rings is 4. The summed E-state index contributed by atoms with van der Waals surface area (Å²) in [6.45, 7) is 11.6. The van der Waals surface area contributed by atoms with Crippen molar-refractivity contribution in [2.24, 2.45) is 0 Å². The van der Waals surface area contributed by atoms with Gasteiger partial charge in [-0.1, -0.05) is 93.6 Å². The zero-order valence-corrected chi connectivity index (χ0v) is 23.3. The molecule has 0 spiro atoms. The third kappa shape index (κ3) is 7.84. The first-order valence-electron chi connectivity index (χ1n) is 12.6. The molecule has 4 aromatic carbocycles. The Balaban J connectivity index is 0.00000400. The Morgan fingerprint density at radius 1 is 0.737 bits per heavy atom. The van der Waals surface area contributed by atoms with Crippen LogP contribution in [0, 0.1) is 13.8 Å². The molecule has 0 aliphatic rings. The van der Waals surface area contributed by atoms with Crippen molar-refractivity contribution >= 4 is 38.3 Å². The Hall–Kier alpha value is -2.82. The molecule has 0 saturated heterocycles. The van der Waals surface area contributed by atoms with Crippen LogP contribution >= 0.6 is 8.58 Å². The molecule has 0 N–H and O–H groups in total. The van der Waals surface area contributed by atoms with Gasteiger partial charge in [-0.05, 0) is 67.8 Å². The van der Waals surface area contributed by atoms with E-state index in [-0.39, 0.29) is 38.4 Å². The fraction of sp³-hybridized carbons (Fsp3) is 0.242. The Morgan fingerprint density at radius 3 is 1.79 bits per heavy atom. The van der Waals surface area contributed by atoms with Gasteiger partial charge in [-0.15, -0.1) is 0 Å². The summed E-state index contributed by atoms with van der Waals surface area (Å²) in [7, 11) is -0.0499. The van der Waals surface area contributed by atoms with E-state index in [2.05, 4.69) is 32.9 Å². The monoisotopic (exact) mass is 518 g/mol. The molecule has 5 heteroatoms. The molecular weight excluding hydrogens is 482 g/mol. The molecule has 0 radical (unpaired) electrons. The van der Waals surface area contributed by atoms with E-state index in [0.717, 1.165) is 38.9 Å². The van der Waals surface area contributed by atoms with Crippen LogP contribution in [0.2, 0.25) is 0 Å². The molecule has 0 aromatic heterocycles. The van der Waals surface area contributed by atoms with Gasteiger partial charge >= 0.3 is 18.9 Å². The van der Waals surface area contributed by atoms with Crippen molar-refractivity contribution in [3.05, 3.63) is 124 Å². The molecule has 0 aliphatic heterocycles. The van der Waals surface area contributed by atoms with E-state index in [1.165, 1.54) is 5.56 Å². The molecule has 4 aromatic rings. The van der Waals surface area contributed by atoms with E-state index >= 15 is 0 Å². The maximum absolute atomic E-state index is 13.6. The van der Waals surface area contributed by atoms with Crippen LogP contribution in [0.1, 0.15) is 58.9 Å². The molecule has 38 heavy (non-hydrogen) atoms. The molecule has 0 amide bonds. The van der Waals surface area contributed by atoms with Gasteiger partial charge in [0.1, 0.15) is 24.7 Å². The molecular formula is C33H36LiO3P. The van der Waals surface area contributed by atoms with Crippen molar-refractivity contribution in [3.8, 4) is 11.5 Å². The quantitative estimate of drug-likeness (QED) is 0.173. The Morgan fingerprint density at radius 2 is 1.26 bits per heavy atom. The van der Waals surface area contributed by atoms with E-state index in [9.17, 15) is 4.79 Å². The predicted octanol–water partition coefficient (Wildman–Crippen LogP) is 7.25. The fourth-order valence-electron chi connectivity index (χ4n) is 4.23. The SMILES string of the molecule is Cc1cc(C(C)(C)C)cc(C)c1C(=O)Pc1ccc(OCc2ccccc2)cc1OCc1ccccc1.[LiH]. The van der Waals surface area contributed by atoms with Crippen LogP contribution in [0.4, 0.5) is 0 Å². The van der Waals surface area contributed by atoms with Crippen molar-refractivity contribution in [2.45, 2.75) is 53.2 Å². The van der Waals surface area contributed by atoms with Gasteiger partial charge in [0.15, 0.2) is 5.52 Å². The summed E-state index contributed by atoms with van der Waals surface area (Å²) in [5.41, 5.74) is 6.43. The van der Waals surface area contributed by atoms with Gasteiger partial charge in [0.25, 0.3) is 0 Å². The van der Waals surface area contributed by atoms with Crippen molar-refractivity contribution in [2.75, 3.05) is 0 Å². The van der Waals surface area contributed by atoms with Gasteiger partial charge < -0.3 is 9.47 Å². The van der Waals surface area contributed by atoms with Crippen molar-refractivity contribution in [1.82, 2.24) is 0 Å². The van der Waals surface area contributed by atoms with Gasteiger partial charge in [-0.25, -0.2) is 0 Å². The van der Waals surface area contributed by atoms with Crippen molar-refractivity contribution in [1.29, 1.82) is 0 Å². The van der Waals surface area contributed by atoms with E-state index in [0.29, 0.717) is 19.0 Å². The number of carbonyl (C=O) groups is 1. The Labute approximate surface area is 240 Å². The van der Waals surface area contributed by atoms with E-state index in [4.69, 9.17) is 9.47 Å². The minimum absolute atomic E-state index is 0. The van der Waals surface area contributed by atoms with E-state index in [1.54, 1.807) is 0 Å². The van der Waals surface area contributed by atoms with Crippen molar-refractivity contribution < 1.29 is 14.3 Å². The Kier molecular flexibility index (Phi) is 10.4. The third-order valence-electron chi connectivity index (χ3n) is 6.31. The van der Waals surface area contributed by atoms with Crippen LogP contribution in [-0.2, 0) is 18.6 Å². The number of hydrogen-bond donors (Lipinski definition) is 0. The molecule has 0 aliphatic carbocycles. The van der Waals surface area contributed by atoms with Crippen molar-refractivity contribution in [3.63, 3.8) is 0 Å². The summed E-state index contributed by atoms with van der Waals surface area (Å²) in [6.07, 6.45) is 0. The minimum atomic E-state index is -0.0499. The summed E-state index contributed by atoms with van der Waals surface area (Å²) >= 11 is 0. The molecule has 0 fully saturated rings.